The molecule has 2 aromatic rings. The van der Waals surface area contributed by atoms with Gasteiger partial charge in [0.2, 0.25) is 10.0 Å². The smallest absolute Gasteiger partial charge is 0.236 e. The molecule has 20 heavy (non-hydrogen) atoms. The number of nitrogens with one attached hydrogen (secondary N) is 2. The van der Waals surface area contributed by atoms with Crippen LogP contribution >= 0.6 is 0 Å². The van der Waals surface area contributed by atoms with Crippen molar-refractivity contribution in [1.82, 2.24) is 10.3 Å². The van der Waals surface area contributed by atoms with Crippen molar-refractivity contribution >= 4 is 26.6 Å². The molecule has 1 aromatic heterocycles. The van der Waals surface area contributed by atoms with E-state index in [-0.39, 0.29) is 5.75 Å². The number of hydrogen-bond acceptors (Lipinski definition) is 4. The van der Waals surface area contributed by atoms with Crippen molar-refractivity contribution in [2.75, 3.05) is 17.5 Å². The molecule has 2 N–H and O–H groups in total. The summed E-state index contributed by atoms with van der Waals surface area (Å²) in [4.78, 5) is 4.49. The van der Waals surface area contributed by atoms with Crippen LogP contribution in [0.3, 0.4) is 0 Å². The van der Waals surface area contributed by atoms with Crippen molar-refractivity contribution in [2.24, 2.45) is 0 Å². The first-order valence-corrected chi connectivity index (χ1v) is 7.85. The summed E-state index contributed by atoms with van der Waals surface area (Å²) >= 11 is 0. The molecule has 1 heterocycles. The van der Waals surface area contributed by atoms with Gasteiger partial charge in [0, 0.05) is 11.9 Å². The molecule has 0 radical (unpaired) electrons. The number of aromatic nitrogens is 1. The number of nitrogens with zero attached hydrogens (tertiary/aromatic N) is 1. The summed E-state index contributed by atoms with van der Waals surface area (Å²) in [7, 11) is -1.59. The first-order valence-electron chi connectivity index (χ1n) is 6.20. The average molecular weight is 291 g/mol. The molecule has 0 fully saturated rings. The standard InChI is InChI=1S/C14H17N3O2S/c1-3-9-20(18,19)17-13-6-4-5-11-7-8-12(10-15-2)16-14(11)13/h3-8,15,17H,1,9-10H2,2H3. The lowest BCUT2D eigenvalue weighted by Gasteiger charge is -2.10. The van der Waals surface area contributed by atoms with Crippen LogP contribution in [0.5, 0.6) is 0 Å². The number of anilines is 1. The van der Waals surface area contributed by atoms with Crippen molar-refractivity contribution in [3.05, 3.63) is 48.7 Å². The molecule has 0 saturated carbocycles. The summed E-state index contributed by atoms with van der Waals surface area (Å²) in [6.07, 6.45) is 1.35. The minimum Gasteiger partial charge on any atom is -0.314 e. The monoisotopic (exact) mass is 291 g/mol. The van der Waals surface area contributed by atoms with Crippen LogP contribution < -0.4 is 10.0 Å². The molecule has 1 aromatic carbocycles. The van der Waals surface area contributed by atoms with Gasteiger partial charge in [0.25, 0.3) is 0 Å². The second-order valence-electron chi connectivity index (χ2n) is 4.38. The molecule has 6 heteroatoms. The first-order chi connectivity index (χ1) is 9.55. The topological polar surface area (TPSA) is 71.1 Å². The van der Waals surface area contributed by atoms with Gasteiger partial charge in [0.15, 0.2) is 0 Å². The number of benzene rings is 1. The van der Waals surface area contributed by atoms with Gasteiger partial charge in [0.1, 0.15) is 0 Å². The van der Waals surface area contributed by atoms with Crippen LogP contribution in [0, 0.1) is 0 Å². The van der Waals surface area contributed by atoms with E-state index in [0.717, 1.165) is 11.1 Å². The van der Waals surface area contributed by atoms with Gasteiger partial charge >= 0.3 is 0 Å². The van der Waals surface area contributed by atoms with Gasteiger partial charge < -0.3 is 5.32 Å². The molecule has 0 spiro atoms. The molecule has 0 aliphatic heterocycles. The van der Waals surface area contributed by atoms with E-state index in [9.17, 15) is 8.42 Å². The Hall–Kier alpha value is -1.92. The zero-order chi connectivity index (χ0) is 14.6. The number of rotatable bonds is 6. The molecule has 0 aliphatic carbocycles. The molecule has 0 atom stereocenters. The number of fused-ring (bicyclic) bond motifs is 1. The Morgan fingerprint density at radius 3 is 2.80 bits per heavy atom. The van der Waals surface area contributed by atoms with Crippen molar-refractivity contribution in [3.8, 4) is 0 Å². The Morgan fingerprint density at radius 2 is 2.10 bits per heavy atom. The SMILES string of the molecule is C=CCS(=O)(=O)Nc1cccc2ccc(CNC)nc12. The van der Waals surface area contributed by atoms with Crippen molar-refractivity contribution in [1.29, 1.82) is 0 Å². The van der Waals surface area contributed by atoms with E-state index in [1.54, 1.807) is 12.1 Å². The highest BCUT2D eigenvalue weighted by Crippen LogP contribution is 2.22. The van der Waals surface area contributed by atoms with Gasteiger partial charge in [-0.1, -0.05) is 24.3 Å². The Morgan fingerprint density at radius 1 is 1.30 bits per heavy atom. The predicted octanol–water partition coefficient (Wildman–Crippen LogP) is 1.88. The van der Waals surface area contributed by atoms with E-state index < -0.39 is 10.0 Å². The summed E-state index contributed by atoms with van der Waals surface area (Å²) in [6.45, 7) is 4.07. The number of para-hydroxylation sites is 1. The third-order valence-corrected chi connectivity index (χ3v) is 3.94. The Bertz CT molecular complexity index is 726. The molecule has 0 unspecified atom stereocenters. The van der Waals surface area contributed by atoms with Crippen LogP contribution in [0.1, 0.15) is 5.69 Å². The van der Waals surface area contributed by atoms with E-state index in [4.69, 9.17) is 0 Å². The Kier molecular flexibility index (Phi) is 4.36. The maximum Gasteiger partial charge on any atom is 0.236 e. The Balaban J connectivity index is 2.47. The van der Waals surface area contributed by atoms with Crippen LogP contribution in [-0.4, -0.2) is 26.2 Å². The van der Waals surface area contributed by atoms with Gasteiger partial charge in [0.05, 0.1) is 22.7 Å². The summed E-state index contributed by atoms with van der Waals surface area (Å²) in [6, 6.07) is 9.25. The zero-order valence-electron chi connectivity index (χ0n) is 11.3. The van der Waals surface area contributed by atoms with Crippen molar-refractivity contribution < 1.29 is 8.42 Å². The van der Waals surface area contributed by atoms with Crippen LogP contribution in [-0.2, 0) is 16.6 Å². The van der Waals surface area contributed by atoms with E-state index in [0.29, 0.717) is 17.7 Å². The molecular formula is C14H17N3O2S. The summed E-state index contributed by atoms with van der Waals surface area (Å²) in [5.74, 6) is -0.125. The molecule has 106 valence electrons. The van der Waals surface area contributed by atoms with E-state index in [1.807, 2.05) is 25.2 Å². The lowest BCUT2D eigenvalue weighted by Crippen LogP contribution is -2.15. The molecule has 0 saturated heterocycles. The van der Waals surface area contributed by atoms with Gasteiger partial charge in [-0.2, -0.15) is 0 Å². The Labute approximate surface area is 118 Å². The number of hydrogen-bond donors (Lipinski definition) is 2. The predicted molar refractivity (Wildman–Crippen MR) is 82.1 cm³/mol. The fourth-order valence-corrected chi connectivity index (χ4v) is 2.81. The van der Waals surface area contributed by atoms with Gasteiger partial charge in [-0.05, 0) is 19.2 Å². The molecule has 0 amide bonds. The van der Waals surface area contributed by atoms with Gasteiger partial charge in [-0.15, -0.1) is 6.58 Å². The number of sulfonamides is 1. The quantitative estimate of drug-likeness (QED) is 0.797. The van der Waals surface area contributed by atoms with E-state index >= 15 is 0 Å². The van der Waals surface area contributed by atoms with Crippen LogP contribution in [0.4, 0.5) is 5.69 Å². The highest BCUT2D eigenvalue weighted by atomic mass is 32.2. The fourth-order valence-electron chi connectivity index (χ4n) is 1.91. The fraction of sp³-hybridized carbons (Fsp3) is 0.214. The molecule has 0 bridgehead atoms. The first kappa shape index (κ1) is 14.5. The highest BCUT2D eigenvalue weighted by Gasteiger charge is 2.11. The summed E-state index contributed by atoms with van der Waals surface area (Å²) in [5, 5.41) is 3.91. The van der Waals surface area contributed by atoms with Gasteiger partial charge in [-0.3, -0.25) is 4.72 Å². The lowest BCUT2D eigenvalue weighted by atomic mass is 10.2. The summed E-state index contributed by atoms with van der Waals surface area (Å²) in [5.41, 5.74) is 1.99. The molecular weight excluding hydrogens is 274 g/mol. The summed E-state index contributed by atoms with van der Waals surface area (Å²) < 4.78 is 26.2. The minimum atomic E-state index is -3.42. The maximum atomic E-state index is 11.8. The molecule has 5 nitrogen and oxygen atoms in total. The lowest BCUT2D eigenvalue weighted by molar-refractivity contribution is 0.604. The number of pyridine rings is 1. The average Bonchev–Trinajstić information content (AvgIpc) is 2.39. The van der Waals surface area contributed by atoms with E-state index in [1.165, 1.54) is 6.08 Å². The second kappa shape index (κ2) is 6.02. The molecule has 2 rings (SSSR count). The third kappa shape index (κ3) is 3.34. The second-order valence-corrected chi connectivity index (χ2v) is 6.15. The largest absolute Gasteiger partial charge is 0.314 e. The third-order valence-electron chi connectivity index (χ3n) is 2.74. The normalized spacial score (nSPS) is 11.4. The highest BCUT2D eigenvalue weighted by molar-refractivity contribution is 7.92. The van der Waals surface area contributed by atoms with Gasteiger partial charge in [-0.25, -0.2) is 13.4 Å². The maximum absolute atomic E-state index is 11.8. The van der Waals surface area contributed by atoms with Crippen LogP contribution in [0.2, 0.25) is 0 Å². The molecule has 0 aliphatic rings. The zero-order valence-corrected chi connectivity index (χ0v) is 12.1. The minimum absolute atomic E-state index is 0.125. The van der Waals surface area contributed by atoms with Crippen LogP contribution in [0.15, 0.2) is 43.0 Å². The van der Waals surface area contributed by atoms with Crippen molar-refractivity contribution in [3.63, 3.8) is 0 Å². The van der Waals surface area contributed by atoms with Crippen molar-refractivity contribution in [2.45, 2.75) is 6.54 Å². The van der Waals surface area contributed by atoms with Crippen LogP contribution in [0.25, 0.3) is 10.9 Å². The van der Waals surface area contributed by atoms with E-state index in [2.05, 4.69) is 21.6 Å².